The van der Waals surface area contributed by atoms with Gasteiger partial charge in [0.1, 0.15) is 5.76 Å². The highest BCUT2D eigenvalue weighted by Gasteiger charge is 2.12. The zero-order chi connectivity index (χ0) is 9.10. The molecule has 2 rings (SSSR count). The quantitative estimate of drug-likeness (QED) is 0.695. The van der Waals surface area contributed by atoms with Gasteiger partial charge in [0.15, 0.2) is 0 Å². The fraction of sp³-hybridized carbons (Fsp3) is 0.200. The monoisotopic (exact) mass is 194 g/mol. The van der Waals surface area contributed by atoms with E-state index in [2.05, 4.69) is 6.08 Å². The van der Waals surface area contributed by atoms with Crippen LogP contribution >= 0.6 is 11.8 Å². The van der Waals surface area contributed by atoms with Crippen LogP contribution < -0.4 is 0 Å². The number of rotatable bonds is 1. The Bertz CT molecular complexity index is 324. The van der Waals surface area contributed by atoms with E-state index >= 15 is 0 Å². The fourth-order valence-corrected chi connectivity index (χ4v) is 1.82. The molecule has 0 spiro atoms. The standard InChI is InChI=1S/C10H10O2S/c11-10-7-13-6-9(12-10)8-4-2-1-3-5-8/h1-2,4,6-7,11H,3,5H2. The summed E-state index contributed by atoms with van der Waals surface area (Å²) in [5, 5.41) is 12.6. The normalized spacial score (nSPS) is 21.4. The Morgan fingerprint density at radius 1 is 1.38 bits per heavy atom. The van der Waals surface area contributed by atoms with E-state index in [-0.39, 0.29) is 5.95 Å². The van der Waals surface area contributed by atoms with Gasteiger partial charge in [-0.05, 0) is 18.4 Å². The summed E-state index contributed by atoms with van der Waals surface area (Å²) >= 11 is 1.44. The zero-order valence-electron chi connectivity index (χ0n) is 7.06. The molecule has 0 amide bonds. The third-order valence-electron chi connectivity index (χ3n) is 1.89. The Hall–Kier alpha value is -1.09. The minimum atomic E-state index is -0.0158. The number of thioether (sulfide) groups is 1. The number of hydrogen-bond acceptors (Lipinski definition) is 3. The first-order valence-corrected chi connectivity index (χ1v) is 5.09. The maximum atomic E-state index is 9.14. The molecule has 1 aliphatic heterocycles. The molecule has 1 aliphatic carbocycles. The van der Waals surface area contributed by atoms with Gasteiger partial charge in [-0.15, -0.1) is 0 Å². The maximum Gasteiger partial charge on any atom is 0.289 e. The Morgan fingerprint density at radius 3 is 3.00 bits per heavy atom. The summed E-state index contributed by atoms with van der Waals surface area (Å²) in [7, 11) is 0. The van der Waals surface area contributed by atoms with Gasteiger partial charge in [-0.1, -0.05) is 30.0 Å². The van der Waals surface area contributed by atoms with Gasteiger partial charge in [0, 0.05) is 5.41 Å². The highest BCUT2D eigenvalue weighted by molar-refractivity contribution is 8.05. The second-order valence-corrected chi connectivity index (χ2v) is 3.58. The molecular formula is C10H10O2S. The fourth-order valence-electron chi connectivity index (χ4n) is 1.26. The van der Waals surface area contributed by atoms with Crippen molar-refractivity contribution in [1.29, 1.82) is 0 Å². The van der Waals surface area contributed by atoms with Gasteiger partial charge in [0.05, 0.1) is 5.41 Å². The Balaban J connectivity index is 2.13. The van der Waals surface area contributed by atoms with Gasteiger partial charge >= 0.3 is 0 Å². The smallest absolute Gasteiger partial charge is 0.289 e. The van der Waals surface area contributed by atoms with Crippen molar-refractivity contribution < 1.29 is 9.84 Å². The molecule has 0 aromatic heterocycles. The largest absolute Gasteiger partial charge is 0.480 e. The third-order valence-corrected chi connectivity index (χ3v) is 2.58. The van der Waals surface area contributed by atoms with Crippen molar-refractivity contribution in [3.63, 3.8) is 0 Å². The molecular weight excluding hydrogens is 184 g/mol. The van der Waals surface area contributed by atoms with Crippen molar-refractivity contribution in [2.45, 2.75) is 12.8 Å². The lowest BCUT2D eigenvalue weighted by molar-refractivity contribution is 0.151. The first-order chi connectivity index (χ1) is 6.36. The molecule has 2 aliphatic rings. The lowest BCUT2D eigenvalue weighted by Gasteiger charge is -2.15. The molecule has 68 valence electrons. The van der Waals surface area contributed by atoms with Gasteiger partial charge in [-0.25, -0.2) is 0 Å². The van der Waals surface area contributed by atoms with E-state index in [1.54, 1.807) is 5.41 Å². The van der Waals surface area contributed by atoms with Crippen molar-refractivity contribution in [3.05, 3.63) is 46.3 Å². The Kier molecular flexibility index (Phi) is 2.45. The van der Waals surface area contributed by atoms with Crippen molar-refractivity contribution in [2.75, 3.05) is 0 Å². The predicted octanol–water partition coefficient (Wildman–Crippen LogP) is 3.22. The predicted molar refractivity (Wildman–Crippen MR) is 53.9 cm³/mol. The number of ether oxygens (including phenoxy) is 1. The topological polar surface area (TPSA) is 29.5 Å². The molecule has 0 aromatic rings. The van der Waals surface area contributed by atoms with Crippen LogP contribution in [0.15, 0.2) is 46.3 Å². The molecule has 13 heavy (non-hydrogen) atoms. The summed E-state index contributed by atoms with van der Waals surface area (Å²) < 4.78 is 5.18. The van der Waals surface area contributed by atoms with E-state index in [4.69, 9.17) is 9.84 Å². The van der Waals surface area contributed by atoms with Crippen molar-refractivity contribution in [2.24, 2.45) is 0 Å². The first-order valence-electron chi connectivity index (χ1n) is 4.15. The minimum Gasteiger partial charge on any atom is -0.480 e. The minimum absolute atomic E-state index is 0.0158. The molecule has 1 N–H and O–H groups in total. The highest BCUT2D eigenvalue weighted by atomic mass is 32.2. The summed E-state index contributed by atoms with van der Waals surface area (Å²) in [6.45, 7) is 0. The van der Waals surface area contributed by atoms with Crippen LogP contribution in [0.3, 0.4) is 0 Å². The van der Waals surface area contributed by atoms with Crippen LogP contribution in [0, 0.1) is 0 Å². The molecule has 0 fully saturated rings. The molecule has 0 radical (unpaired) electrons. The molecule has 0 aromatic carbocycles. The van der Waals surface area contributed by atoms with Crippen molar-refractivity contribution >= 4 is 11.8 Å². The number of allylic oxidation sites excluding steroid dienone is 4. The third kappa shape index (κ3) is 1.98. The maximum absolute atomic E-state index is 9.14. The zero-order valence-corrected chi connectivity index (χ0v) is 7.88. The van der Waals surface area contributed by atoms with Crippen LogP contribution in [0.1, 0.15) is 12.8 Å². The second-order valence-electron chi connectivity index (χ2n) is 2.84. The van der Waals surface area contributed by atoms with Gasteiger partial charge in [0.25, 0.3) is 5.95 Å². The highest BCUT2D eigenvalue weighted by Crippen LogP contribution is 2.29. The average molecular weight is 194 g/mol. The molecule has 3 heteroatoms. The van der Waals surface area contributed by atoms with Crippen LogP contribution in [0.25, 0.3) is 0 Å². The molecule has 0 unspecified atom stereocenters. The molecule has 1 heterocycles. The van der Waals surface area contributed by atoms with Gasteiger partial charge in [-0.3, -0.25) is 0 Å². The molecule has 2 nitrogen and oxygen atoms in total. The second kappa shape index (κ2) is 3.75. The number of aliphatic hydroxyl groups is 1. The SMILES string of the molecule is OC1=CSC=C(C2=CC=CCC2)O1. The summed E-state index contributed by atoms with van der Waals surface area (Å²) in [5.74, 6) is 0.757. The lowest BCUT2D eigenvalue weighted by atomic mass is 10.0. The summed E-state index contributed by atoms with van der Waals surface area (Å²) in [5.41, 5.74) is 1.15. The number of hydrogen-bond donors (Lipinski definition) is 1. The Morgan fingerprint density at radius 2 is 2.31 bits per heavy atom. The summed E-state index contributed by atoms with van der Waals surface area (Å²) in [6, 6.07) is 0. The van der Waals surface area contributed by atoms with Crippen molar-refractivity contribution in [1.82, 2.24) is 0 Å². The number of aliphatic hydroxyl groups excluding tert-OH is 1. The van der Waals surface area contributed by atoms with Crippen LogP contribution in [-0.4, -0.2) is 5.11 Å². The summed E-state index contributed by atoms with van der Waals surface area (Å²) in [6.07, 6.45) is 8.19. The van der Waals surface area contributed by atoms with Gasteiger partial charge in [-0.2, -0.15) is 0 Å². The van der Waals surface area contributed by atoms with Gasteiger partial charge in [0.2, 0.25) is 0 Å². The summed E-state index contributed by atoms with van der Waals surface area (Å²) in [4.78, 5) is 0. The average Bonchev–Trinajstić information content (AvgIpc) is 2.19. The lowest BCUT2D eigenvalue weighted by Crippen LogP contribution is -2.00. The van der Waals surface area contributed by atoms with E-state index in [9.17, 15) is 0 Å². The van der Waals surface area contributed by atoms with Crippen molar-refractivity contribution in [3.8, 4) is 0 Å². The molecule has 0 atom stereocenters. The first kappa shape index (κ1) is 8.51. The van der Waals surface area contributed by atoms with Crippen LogP contribution in [0.5, 0.6) is 0 Å². The van der Waals surface area contributed by atoms with Crippen LogP contribution in [-0.2, 0) is 4.74 Å². The van der Waals surface area contributed by atoms with E-state index < -0.39 is 0 Å². The van der Waals surface area contributed by atoms with E-state index in [0.29, 0.717) is 0 Å². The van der Waals surface area contributed by atoms with E-state index in [1.807, 2.05) is 17.6 Å². The molecule has 0 saturated carbocycles. The Labute approximate surface area is 81.3 Å². The van der Waals surface area contributed by atoms with E-state index in [0.717, 1.165) is 24.2 Å². The van der Waals surface area contributed by atoms with Crippen LogP contribution in [0.2, 0.25) is 0 Å². The van der Waals surface area contributed by atoms with Crippen LogP contribution in [0.4, 0.5) is 0 Å². The van der Waals surface area contributed by atoms with E-state index in [1.165, 1.54) is 11.8 Å². The molecule has 0 bridgehead atoms. The molecule has 0 saturated heterocycles. The van der Waals surface area contributed by atoms with Gasteiger partial charge < -0.3 is 9.84 Å².